The molecule has 1 aromatic carbocycles. The van der Waals surface area contributed by atoms with E-state index in [9.17, 15) is 4.39 Å². The maximum atomic E-state index is 12.9. The Morgan fingerprint density at radius 3 is 2.93 bits per heavy atom. The molecule has 0 spiro atoms. The molecule has 2 aromatic rings. The van der Waals surface area contributed by atoms with E-state index in [-0.39, 0.29) is 11.7 Å². The Kier molecular flexibility index (Phi) is 2.31. The van der Waals surface area contributed by atoms with Crippen LogP contribution in [0.2, 0.25) is 0 Å². The first-order chi connectivity index (χ1) is 6.77. The Morgan fingerprint density at radius 2 is 2.29 bits per heavy atom. The molecule has 1 heterocycles. The Balaban J connectivity index is 2.32. The van der Waals surface area contributed by atoms with Crippen molar-refractivity contribution in [1.29, 1.82) is 0 Å². The summed E-state index contributed by atoms with van der Waals surface area (Å²) in [5.74, 6) is 0.747. The van der Waals surface area contributed by atoms with Gasteiger partial charge in [-0.3, -0.25) is 0 Å². The molecular formula is C11H11FN2. The van der Waals surface area contributed by atoms with Crippen molar-refractivity contribution in [3.05, 3.63) is 53.9 Å². The van der Waals surface area contributed by atoms with Crippen LogP contribution in [-0.4, -0.2) is 9.97 Å². The van der Waals surface area contributed by atoms with E-state index < -0.39 is 0 Å². The quantitative estimate of drug-likeness (QED) is 0.774. The van der Waals surface area contributed by atoms with Crippen molar-refractivity contribution in [2.75, 3.05) is 0 Å². The molecular weight excluding hydrogens is 179 g/mol. The van der Waals surface area contributed by atoms with Crippen LogP contribution in [0.3, 0.4) is 0 Å². The van der Waals surface area contributed by atoms with E-state index in [1.807, 2.05) is 13.0 Å². The number of H-pyrrole nitrogens is 1. The number of hydrogen-bond donors (Lipinski definition) is 1. The van der Waals surface area contributed by atoms with Gasteiger partial charge >= 0.3 is 0 Å². The minimum Gasteiger partial charge on any atom is -0.348 e. The molecule has 2 rings (SSSR count). The highest BCUT2D eigenvalue weighted by molar-refractivity contribution is 5.25. The van der Waals surface area contributed by atoms with Crippen LogP contribution in [-0.2, 0) is 0 Å². The van der Waals surface area contributed by atoms with Gasteiger partial charge < -0.3 is 4.98 Å². The van der Waals surface area contributed by atoms with Crippen molar-refractivity contribution in [3.8, 4) is 0 Å². The predicted octanol–water partition coefficient (Wildman–Crippen LogP) is 2.70. The Bertz CT molecular complexity index is 409. The second-order valence-electron chi connectivity index (χ2n) is 3.25. The molecule has 0 saturated carbocycles. The number of benzene rings is 1. The van der Waals surface area contributed by atoms with Crippen molar-refractivity contribution in [2.24, 2.45) is 0 Å². The average Bonchev–Trinajstić information content (AvgIpc) is 2.69. The average molecular weight is 190 g/mol. The van der Waals surface area contributed by atoms with Crippen LogP contribution in [0.1, 0.15) is 24.2 Å². The Labute approximate surface area is 81.8 Å². The van der Waals surface area contributed by atoms with Crippen molar-refractivity contribution in [1.82, 2.24) is 9.97 Å². The second kappa shape index (κ2) is 3.62. The topological polar surface area (TPSA) is 28.7 Å². The molecule has 1 N–H and O–H groups in total. The van der Waals surface area contributed by atoms with E-state index in [4.69, 9.17) is 0 Å². The summed E-state index contributed by atoms with van der Waals surface area (Å²) in [6.45, 7) is 1.99. The first-order valence-electron chi connectivity index (χ1n) is 4.52. The third kappa shape index (κ3) is 1.66. The highest BCUT2D eigenvalue weighted by Gasteiger charge is 2.10. The van der Waals surface area contributed by atoms with Crippen LogP contribution in [0.4, 0.5) is 4.39 Å². The molecule has 1 aromatic heterocycles. The lowest BCUT2D eigenvalue weighted by Gasteiger charge is -2.08. The number of nitrogens with one attached hydrogen (secondary N) is 1. The van der Waals surface area contributed by atoms with Crippen LogP contribution < -0.4 is 0 Å². The molecule has 0 radical (unpaired) electrons. The number of rotatable bonds is 2. The van der Waals surface area contributed by atoms with Crippen molar-refractivity contribution in [3.63, 3.8) is 0 Å². The van der Waals surface area contributed by atoms with Crippen LogP contribution in [0, 0.1) is 5.82 Å². The molecule has 0 saturated heterocycles. The van der Waals surface area contributed by atoms with E-state index >= 15 is 0 Å². The predicted molar refractivity (Wildman–Crippen MR) is 52.5 cm³/mol. The van der Waals surface area contributed by atoms with E-state index in [0.717, 1.165) is 11.4 Å². The van der Waals surface area contributed by atoms with Gasteiger partial charge in [-0.2, -0.15) is 0 Å². The number of imidazole rings is 1. The molecule has 0 aliphatic rings. The molecule has 3 heteroatoms. The van der Waals surface area contributed by atoms with Gasteiger partial charge in [-0.05, 0) is 17.7 Å². The summed E-state index contributed by atoms with van der Waals surface area (Å²) >= 11 is 0. The standard InChI is InChI=1S/C11H11FN2/c1-8(11-13-5-6-14-11)9-3-2-4-10(12)7-9/h2-8H,1H3,(H,13,14). The zero-order chi connectivity index (χ0) is 9.97. The molecule has 1 atom stereocenters. The molecule has 0 aliphatic carbocycles. The van der Waals surface area contributed by atoms with Gasteiger partial charge in [0.25, 0.3) is 0 Å². The van der Waals surface area contributed by atoms with E-state index in [1.165, 1.54) is 12.1 Å². The number of halogens is 1. The van der Waals surface area contributed by atoms with Crippen molar-refractivity contribution >= 4 is 0 Å². The summed E-state index contributed by atoms with van der Waals surface area (Å²) in [4.78, 5) is 7.17. The lowest BCUT2D eigenvalue weighted by atomic mass is 10.0. The van der Waals surface area contributed by atoms with Gasteiger partial charge in [0.05, 0.1) is 0 Å². The molecule has 14 heavy (non-hydrogen) atoms. The summed E-state index contributed by atoms with van der Waals surface area (Å²) in [6.07, 6.45) is 3.47. The first-order valence-corrected chi connectivity index (χ1v) is 4.52. The molecule has 0 fully saturated rings. The van der Waals surface area contributed by atoms with Gasteiger partial charge in [-0.1, -0.05) is 19.1 Å². The fourth-order valence-electron chi connectivity index (χ4n) is 1.45. The van der Waals surface area contributed by atoms with Gasteiger partial charge in [-0.25, -0.2) is 9.37 Å². The van der Waals surface area contributed by atoms with Crippen molar-refractivity contribution < 1.29 is 4.39 Å². The van der Waals surface area contributed by atoms with Crippen LogP contribution in [0.25, 0.3) is 0 Å². The normalized spacial score (nSPS) is 12.7. The van der Waals surface area contributed by atoms with Gasteiger partial charge in [0.1, 0.15) is 11.6 Å². The third-order valence-electron chi connectivity index (χ3n) is 2.28. The third-order valence-corrected chi connectivity index (χ3v) is 2.28. The zero-order valence-electron chi connectivity index (χ0n) is 7.87. The maximum absolute atomic E-state index is 12.9. The van der Waals surface area contributed by atoms with Crippen LogP contribution in [0.15, 0.2) is 36.7 Å². The summed E-state index contributed by atoms with van der Waals surface area (Å²) in [7, 11) is 0. The lowest BCUT2D eigenvalue weighted by molar-refractivity contribution is 0.623. The maximum Gasteiger partial charge on any atom is 0.123 e. The van der Waals surface area contributed by atoms with Gasteiger partial charge in [0.15, 0.2) is 0 Å². The van der Waals surface area contributed by atoms with E-state index in [1.54, 1.807) is 18.5 Å². The highest BCUT2D eigenvalue weighted by Crippen LogP contribution is 2.20. The monoisotopic (exact) mass is 190 g/mol. The van der Waals surface area contributed by atoms with E-state index in [0.29, 0.717) is 0 Å². The second-order valence-corrected chi connectivity index (χ2v) is 3.25. The summed E-state index contributed by atoms with van der Waals surface area (Å²) in [6, 6.07) is 6.59. The minimum absolute atomic E-state index is 0.0979. The summed E-state index contributed by atoms with van der Waals surface area (Å²) in [5.41, 5.74) is 0.931. The van der Waals surface area contributed by atoms with E-state index in [2.05, 4.69) is 9.97 Å². The first kappa shape index (κ1) is 8.94. The smallest absolute Gasteiger partial charge is 0.123 e. The Morgan fingerprint density at radius 1 is 1.43 bits per heavy atom. The molecule has 0 aliphatic heterocycles. The molecule has 72 valence electrons. The number of aromatic amines is 1. The van der Waals surface area contributed by atoms with Crippen molar-refractivity contribution in [2.45, 2.75) is 12.8 Å². The highest BCUT2D eigenvalue weighted by atomic mass is 19.1. The van der Waals surface area contributed by atoms with Crippen LogP contribution in [0.5, 0.6) is 0 Å². The summed E-state index contributed by atoms with van der Waals surface area (Å²) < 4.78 is 12.9. The molecule has 2 nitrogen and oxygen atoms in total. The largest absolute Gasteiger partial charge is 0.348 e. The fourth-order valence-corrected chi connectivity index (χ4v) is 1.45. The minimum atomic E-state index is -0.207. The van der Waals surface area contributed by atoms with Gasteiger partial charge in [0.2, 0.25) is 0 Å². The Hall–Kier alpha value is -1.64. The molecule has 1 unspecified atom stereocenters. The summed E-state index contributed by atoms with van der Waals surface area (Å²) in [5, 5.41) is 0. The number of aromatic nitrogens is 2. The molecule has 0 bridgehead atoms. The lowest BCUT2D eigenvalue weighted by Crippen LogP contribution is -1.98. The number of hydrogen-bond acceptors (Lipinski definition) is 1. The van der Waals surface area contributed by atoms with Crippen LogP contribution >= 0.6 is 0 Å². The SMILES string of the molecule is CC(c1cccc(F)c1)c1ncc[nH]1. The van der Waals surface area contributed by atoms with Gasteiger partial charge in [0, 0.05) is 18.3 Å². The molecule has 0 amide bonds. The fraction of sp³-hybridized carbons (Fsp3) is 0.182. The van der Waals surface area contributed by atoms with Gasteiger partial charge in [-0.15, -0.1) is 0 Å². The number of nitrogens with zero attached hydrogens (tertiary/aromatic N) is 1. The zero-order valence-corrected chi connectivity index (χ0v) is 7.87.